The normalized spacial score (nSPS) is 26.8. The molecule has 1 saturated carbocycles. The Hall–Kier alpha value is -2.32. The summed E-state index contributed by atoms with van der Waals surface area (Å²) in [5, 5.41) is 11.0. The van der Waals surface area contributed by atoms with Crippen LogP contribution >= 0.6 is 0 Å². The Morgan fingerprint density at radius 1 is 1.00 bits per heavy atom. The molecule has 4 heterocycles. The summed E-state index contributed by atoms with van der Waals surface area (Å²) in [5.41, 5.74) is 1.36. The summed E-state index contributed by atoms with van der Waals surface area (Å²) in [4.78, 5) is 26.8. The molecule has 1 atom stereocenters. The van der Waals surface area contributed by atoms with Gasteiger partial charge in [-0.1, -0.05) is 56.0 Å². The first-order valence-electron chi connectivity index (χ1n) is 13.2. The second kappa shape index (κ2) is 11.4. The van der Waals surface area contributed by atoms with Gasteiger partial charge >= 0.3 is 5.97 Å². The average molecular weight is 558 g/mol. The average Bonchev–Trinajstić information content (AvgIpc) is 3.14. The number of rotatable bonds is 6. The standard InChI is InChI=1S/C28H36N4O3.BrH/c1-21-11-12-25(31-30-21)29-26(33)20-32-17-13-22(14-18-32)24(19-32)35-27(34)28(15-7-2-3-8-16-28)23-9-5-4-6-10-23;/h4-6,9-12,22,24H,2-3,7-8,13-20H2,1H3;1H/t22?,24-,32?;/m0./s1. The first kappa shape index (κ1) is 26.7. The molecule has 1 aliphatic carbocycles. The molecule has 1 aromatic heterocycles. The third-order valence-electron chi connectivity index (χ3n) is 8.52. The maximum Gasteiger partial charge on any atom is 0.317 e. The van der Waals surface area contributed by atoms with Gasteiger partial charge in [0.25, 0.3) is 5.91 Å². The van der Waals surface area contributed by atoms with Crippen molar-refractivity contribution in [1.29, 1.82) is 0 Å². The molecule has 0 unspecified atom stereocenters. The number of aromatic nitrogens is 2. The Morgan fingerprint density at radius 2 is 1.69 bits per heavy atom. The van der Waals surface area contributed by atoms with Crippen LogP contribution in [0.1, 0.15) is 62.6 Å². The van der Waals surface area contributed by atoms with Gasteiger partial charge in [0.15, 0.2) is 18.5 Å². The van der Waals surface area contributed by atoms with Gasteiger partial charge in [0.05, 0.1) is 24.2 Å². The van der Waals surface area contributed by atoms with Gasteiger partial charge in [0.1, 0.15) is 6.54 Å². The van der Waals surface area contributed by atoms with Crippen LogP contribution in [0.15, 0.2) is 42.5 Å². The highest BCUT2D eigenvalue weighted by atomic mass is 79.9. The summed E-state index contributed by atoms with van der Waals surface area (Å²) in [6.07, 6.45) is 8.03. The molecule has 2 aromatic rings. The quantitative estimate of drug-likeness (QED) is 0.328. The maximum absolute atomic E-state index is 13.9. The summed E-state index contributed by atoms with van der Waals surface area (Å²) in [6.45, 7) is 4.87. The van der Waals surface area contributed by atoms with Gasteiger partial charge in [-0.15, -0.1) is 5.10 Å². The molecule has 36 heavy (non-hydrogen) atoms. The van der Waals surface area contributed by atoms with E-state index >= 15 is 0 Å². The van der Waals surface area contributed by atoms with E-state index in [2.05, 4.69) is 27.6 Å². The first-order chi connectivity index (χ1) is 17.0. The number of halogens is 1. The Balaban J connectivity index is 0.00000304. The lowest BCUT2D eigenvalue weighted by Crippen LogP contribution is -3.00. The van der Waals surface area contributed by atoms with Crippen molar-refractivity contribution in [3.05, 3.63) is 53.7 Å². The highest BCUT2D eigenvalue weighted by Gasteiger charge is 2.51. The molecule has 6 rings (SSSR count). The van der Waals surface area contributed by atoms with E-state index < -0.39 is 5.41 Å². The molecular formula is C28H37BrN4O3. The van der Waals surface area contributed by atoms with Crippen molar-refractivity contribution in [1.82, 2.24) is 10.2 Å². The number of piperidine rings is 3. The molecule has 4 aliphatic rings. The van der Waals surface area contributed by atoms with Crippen LogP contribution in [0, 0.1) is 12.8 Å². The number of carbonyl (C=O) groups is 2. The van der Waals surface area contributed by atoms with Gasteiger partial charge < -0.3 is 31.5 Å². The van der Waals surface area contributed by atoms with Gasteiger partial charge in [-0.2, -0.15) is 5.10 Å². The minimum atomic E-state index is -0.546. The van der Waals surface area contributed by atoms with E-state index in [-0.39, 0.29) is 35.0 Å². The zero-order valence-corrected chi connectivity index (χ0v) is 22.7. The van der Waals surface area contributed by atoms with Crippen LogP contribution in [0.5, 0.6) is 0 Å². The smallest absolute Gasteiger partial charge is 0.317 e. The van der Waals surface area contributed by atoms with E-state index in [1.54, 1.807) is 6.07 Å². The predicted molar refractivity (Wildman–Crippen MR) is 134 cm³/mol. The number of nitrogens with one attached hydrogen (secondary N) is 1. The summed E-state index contributed by atoms with van der Waals surface area (Å²) in [5.74, 6) is 0.760. The fraction of sp³-hybridized carbons (Fsp3) is 0.571. The molecule has 8 heteroatoms. The van der Waals surface area contributed by atoms with Crippen molar-refractivity contribution >= 4 is 17.7 Å². The second-order valence-corrected chi connectivity index (χ2v) is 10.9. The minimum absolute atomic E-state index is 0. The van der Waals surface area contributed by atoms with E-state index in [1.165, 1.54) is 12.8 Å². The van der Waals surface area contributed by atoms with Crippen molar-refractivity contribution < 1.29 is 35.8 Å². The Morgan fingerprint density at radius 3 is 2.33 bits per heavy atom. The van der Waals surface area contributed by atoms with E-state index in [0.717, 1.165) is 62.9 Å². The monoisotopic (exact) mass is 556 g/mol. The first-order valence-corrected chi connectivity index (χ1v) is 13.2. The summed E-state index contributed by atoms with van der Waals surface area (Å²) in [6, 6.07) is 13.9. The minimum Gasteiger partial charge on any atom is -1.00 e. The lowest BCUT2D eigenvalue weighted by atomic mass is 9.74. The number of fused-ring (bicyclic) bond motifs is 3. The Bertz CT molecular complexity index is 1030. The molecule has 0 spiro atoms. The molecule has 0 radical (unpaired) electrons. The number of amides is 1. The fourth-order valence-corrected chi connectivity index (χ4v) is 6.48. The third kappa shape index (κ3) is 5.65. The van der Waals surface area contributed by atoms with Crippen LogP contribution in [-0.2, 0) is 19.7 Å². The number of anilines is 1. The molecule has 3 aliphatic heterocycles. The number of benzene rings is 1. The van der Waals surface area contributed by atoms with Crippen LogP contribution in [-0.4, -0.2) is 58.8 Å². The van der Waals surface area contributed by atoms with E-state index in [4.69, 9.17) is 4.74 Å². The van der Waals surface area contributed by atoms with E-state index in [0.29, 0.717) is 29.3 Å². The molecule has 1 aromatic carbocycles. The number of hydrogen-bond donors (Lipinski definition) is 1. The Kier molecular flexibility index (Phi) is 8.45. The lowest BCUT2D eigenvalue weighted by Gasteiger charge is -2.52. The molecule has 3 saturated heterocycles. The van der Waals surface area contributed by atoms with Gasteiger partial charge in [-0.3, -0.25) is 9.59 Å². The molecule has 1 N–H and O–H groups in total. The van der Waals surface area contributed by atoms with E-state index in [1.807, 2.05) is 31.2 Å². The highest BCUT2D eigenvalue weighted by molar-refractivity contribution is 5.90. The van der Waals surface area contributed by atoms with Crippen LogP contribution in [0.3, 0.4) is 0 Å². The second-order valence-electron chi connectivity index (χ2n) is 10.9. The summed E-state index contributed by atoms with van der Waals surface area (Å²) >= 11 is 0. The SMILES string of the molecule is Cc1ccc(NC(=O)C[N+]23CCC(CC2)[C@@H](OC(=O)C2(c4ccccc4)CCCCCC2)C3)nn1.[Br-]. The Labute approximate surface area is 224 Å². The maximum atomic E-state index is 13.9. The largest absolute Gasteiger partial charge is 1.00 e. The number of carbonyl (C=O) groups excluding carboxylic acids is 2. The molecule has 2 bridgehead atoms. The van der Waals surface area contributed by atoms with Crippen LogP contribution in [0.25, 0.3) is 0 Å². The zero-order chi connectivity index (χ0) is 24.3. The van der Waals surface area contributed by atoms with Gasteiger partial charge in [0, 0.05) is 18.8 Å². The molecule has 4 fully saturated rings. The van der Waals surface area contributed by atoms with Crippen molar-refractivity contribution in [3.8, 4) is 0 Å². The van der Waals surface area contributed by atoms with Crippen molar-refractivity contribution in [2.24, 2.45) is 5.92 Å². The number of aryl methyl sites for hydroxylation is 1. The molecule has 1 amide bonds. The molecule has 194 valence electrons. The van der Waals surface area contributed by atoms with E-state index in [9.17, 15) is 9.59 Å². The predicted octanol–water partition coefficient (Wildman–Crippen LogP) is 1.17. The lowest BCUT2D eigenvalue weighted by molar-refractivity contribution is -0.939. The van der Waals surface area contributed by atoms with Gasteiger partial charge in [-0.25, -0.2) is 0 Å². The van der Waals surface area contributed by atoms with Crippen molar-refractivity contribution in [2.75, 3.05) is 31.5 Å². The van der Waals surface area contributed by atoms with Crippen molar-refractivity contribution in [2.45, 2.75) is 69.8 Å². The molecule has 7 nitrogen and oxygen atoms in total. The van der Waals surface area contributed by atoms with Gasteiger partial charge in [0.2, 0.25) is 0 Å². The summed E-state index contributed by atoms with van der Waals surface area (Å²) in [7, 11) is 0. The van der Waals surface area contributed by atoms with Crippen LogP contribution < -0.4 is 22.3 Å². The number of esters is 1. The van der Waals surface area contributed by atoms with Gasteiger partial charge in [-0.05, 0) is 37.5 Å². The topological polar surface area (TPSA) is 81.2 Å². The summed E-state index contributed by atoms with van der Waals surface area (Å²) < 4.78 is 7.09. The molecular weight excluding hydrogens is 520 g/mol. The number of ether oxygens (including phenoxy) is 1. The number of hydrogen-bond acceptors (Lipinski definition) is 5. The van der Waals surface area contributed by atoms with Crippen LogP contribution in [0.4, 0.5) is 5.82 Å². The van der Waals surface area contributed by atoms with Crippen LogP contribution in [0.2, 0.25) is 0 Å². The number of nitrogens with zero attached hydrogens (tertiary/aromatic N) is 3. The fourth-order valence-electron chi connectivity index (χ4n) is 6.48. The highest BCUT2D eigenvalue weighted by Crippen LogP contribution is 2.42. The zero-order valence-electron chi connectivity index (χ0n) is 21.1. The van der Waals surface area contributed by atoms with Crippen molar-refractivity contribution in [3.63, 3.8) is 0 Å². The third-order valence-corrected chi connectivity index (χ3v) is 8.52. The number of quaternary nitrogens is 1.